The van der Waals surface area contributed by atoms with Gasteiger partial charge in [0, 0.05) is 17.6 Å². The molecule has 0 saturated carbocycles. The van der Waals surface area contributed by atoms with E-state index in [-0.39, 0.29) is 25.0 Å². The van der Waals surface area contributed by atoms with Crippen molar-refractivity contribution in [3.05, 3.63) is 116 Å². The summed E-state index contributed by atoms with van der Waals surface area (Å²) < 4.78 is 2.68. The van der Waals surface area contributed by atoms with Gasteiger partial charge in [-0.1, -0.05) is 72.3 Å². The van der Waals surface area contributed by atoms with Crippen LogP contribution in [0, 0.1) is 0 Å². The van der Waals surface area contributed by atoms with E-state index in [0.717, 1.165) is 11.1 Å². The van der Waals surface area contributed by atoms with E-state index in [0.29, 0.717) is 22.6 Å². The van der Waals surface area contributed by atoms with Crippen LogP contribution in [-0.4, -0.2) is 26.0 Å². The predicted octanol–water partition coefficient (Wildman–Crippen LogP) is 4.30. The molecule has 0 saturated heterocycles. The Kier molecular flexibility index (Phi) is 6.98. The molecule has 0 aliphatic heterocycles. The number of halogens is 1. The van der Waals surface area contributed by atoms with Crippen molar-refractivity contribution in [3.8, 4) is 0 Å². The van der Waals surface area contributed by atoms with Crippen molar-refractivity contribution in [2.24, 2.45) is 0 Å². The van der Waals surface area contributed by atoms with E-state index in [4.69, 9.17) is 11.6 Å². The minimum atomic E-state index is -0.748. The second-order valence-electron chi connectivity index (χ2n) is 8.50. The van der Waals surface area contributed by atoms with Gasteiger partial charge >= 0.3 is 11.1 Å². The smallest absolute Gasteiger partial charge is 0.317 e. The van der Waals surface area contributed by atoms with Crippen LogP contribution in [-0.2, 0) is 24.4 Å². The zero-order chi connectivity index (χ0) is 24.2. The van der Waals surface area contributed by atoms with Crippen LogP contribution in [0.3, 0.4) is 0 Å². The van der Waals surface area contributed by atoms with Gasteiger partial charge in [-0.15, -0.1) is 0 Å². The van der Waals surface area contributed by atoms with Crippen LogP contribution in [0.5, 0.6) is 0 Å². The number of fused-ring (bicyclic) bond motifs is 1. The van der Waals surface area contributed by atoms with E-state index in [9.17, 15) is 14.4 Å². The van der Waals surface area contributed by atoms with Gasteiger partial charge in [0.25, 0.3) is 0 Å². The first kappa shape index (κ1) is 23.5. The van der Waals surface area contributed by atoms with Crippen LogP contribution in [0.4, 0.5) is 0 Å². The first-order chi connectivity index (χ1) is 16.3. The van der Waals surface area contributed by atoms with E-state index in [1.165, 1.54) is 9.13 Å². The number of rotatable bonds is 7. The molecule has 7 heteroatoms. The van der Waals surface area contributed by atoms with Crippen molar-refractivity contribution in [2.75, 3.05) is 0 Å². The highest BCUT2D eigenvalue weighted by atomic mass is 35.5. The quantitative estimate of drug-likeness (QED) is 0.374. The van der Waals surface area contributed by atoms with Gasteiger partial charge in [-0.2, -0.15) is 0 Å². The SMILES string of the molecule is CC(C)N(Cc1ccccc1)C(=O)Cn1c(=O)c(=O)n(Cc2ccccc2)c2ccc(Cl)cc21. The summed E-state index contributed by atoms with van der Waals surface area (Å²) in [6.45, 7) is 4.26. The van der Waals surface area contributed by atoms with Gasteiger partial charge in [0.1, 0.15) is 6.54 Å². The Morgan fingerprint density at radius 2 is 1.41 bits per heavy atom. The molecule has 0 radical (unpaired) electrons. The molecule has 0 spiro atoms. The molecule has 4 rings (SSSR count). The number of benzene rings is 3. The van der Waals surface area contributed by atoms with Crippen molar-refractivity contribution in [3.63, 3.8) is 0 Å². The van der Waals surface area contributed by atoms with Crippen molar-refractivity contribution in [1.29, 1.82) is 0 Å². The van der Waals surface area contributed by atoms with Crippen molar-refractivity contribution in [1.82, 2.24) is 14.0 Å². The molecular weight excluding hydrogens is 450 g/mol. The molecule has 1 aromatic heterocycles. The van der Waals surface area contributed by atoms with Gasteiger partial charge in [0.05, 0.1) is 17.6 Å². The molecule has 34 heavy (non-hydrogen) atoms. The van der Waals surface area contributed by atoms with Crippen LogP contribution in [0.1, 0.15) is 25.0 Å². The summed E-state index contributed by atoms with van der Waals surface area (Å²) in [7, 11) is 0. The van der Waals surface area contributed by atoms with Crippen molar-refractivity contribution < 1.29 is 4.79 Å². The monoisotopic (exact) mass is 475 g/mol. The Morgan fingerprint density at radius 3 is 2.03 bits per heavy atom. The zero-order valence-electron chi connectivity index (χ0n) is 19.1. The maximum absolute atomic E-state index is 13.4. The first-order valence-corrected chi connectivity index (χ1v) is 11.5. The Labute approximate surface area is 202 Å². The minimum Gasteiger partial charge on any atom is -0.334 e. The second-order valence-corrected chi connectivity index (χ2v) is 8.94. The Hall–Kier alpha value is -3.64. The second kappa shape index (κ2) is 10.1. The molecular formula is C27H26ClN3O3. The molecule has 0 N–H and O–H groups in total. The minimum absolute atomic E-state index is 0.0864. The van der Waals surface area contributed by atoms with Gasteiger partial charge in [-0.25, -0.2) is 0 Å². The zero-order valence-corrected chi connectivity index (χ0v) is 19.9. The van der Waals surface area contributed by atoms with E-state index < -0.39 is 11.1 Å². The number of aromatic nitrogens is 2. The fourth-order valence-electron chi connectivity index (χ4n) is 4.04. The first-order valence-electron chi connectivity index (χ1n) is 11.2. The third kappa shape index (κ3) is 4.97. The molecule has 4 aromatic rings. The number of carbonyl (C=O) groups excluding carboxylic acids is 1. The Morgan fingerprint density at radius 1 is 0.824 bits per heavy atom. The van der Waals surface area contributed by atoms with Gasteiger partial charge < -0.3 is 4.90 Å². The maximum Gasteiger partial charge on any atom is 0.317 e. The summed E-state index contributed by atoms with van der Waals surface area (Å²) >= 11 is 6.25. The summed E-state index contributed by atoms with van der Waals surface area (Å²) in [6, 6.07) is 24.1. The molecule has 174 valence electrons. The summed E-state index contributed by atoms with van der Waals surface area (Å²) in [5.74, 6) is -0.248. The average molecular weight is 476 g/mol. The Bertz CT molecular complexity index is 1430. The molecule has 0 bridgehead atoms. The molecule has 3 aromatic carbocycles. The number of hydrogen-bond acceptors (Lipinski definition) is 3. The van der Waals surface area contributed by atoms with Gasteiger partial charge in [-0.3, -0.25) is 23.5 Å². The number of nitrogens with zero attached hydrogens (tertiary/aromatic N) is 3. The highest BCUT2D eigenvalue weighted by molar-refractivity contribution is 6.31. The molecule has 0 aliphatic carbocycles. The van der Waals surface area contributed by atoms with Crippen molar-refractivity contribution in [2.45, 2.75) is 39.5 Å². The summed E-state index contributed by atoms with van der Waals surface area (Å²) in [5.41, 5.74) is 1.45. The van der Waals surface area contributed by atoms with Crippen LogP contribution in [0.15, 0.2) is 88.5 Å². The highest BCUT2D eigenvalue weighted by Crippen LogP contribution is 2.19. The third-order valence-electron chi connectivity index (χ3n) is 5.81. The largest absolute Gasteiger partial charge is 0.334 e. The van der Waals surface area contributed by atoms with Crippen LogP contribution < -0.4 is 11.1 Å². The third-order valence-corrected chi connectivity index (χ3v) is 6.04. The molecule has 0 fully saturated rings. The van der Waals surface area contributed by atoms with Crippen LogP contribution >= 0.6 is 11.6 Å². The lowest BCUT2D eigenvalue weighted by molar-refractivity contribution is -0.134. The average Bonchev–Trinajstić information content (AvgIpc) is 2.84. The molecule has 1 amide bonds. The van der Waals surface area contributed by atoms with E-state index >= 15 is 0 Å². The van der Waals surface area contributed by atoms with Crippen molar-refractivity contribution >= 4 is 28.5 Å². The molecule has 6 nitrogen and oxygen atoms in total. The lowest BCUT2D eigenvalue weighted by Crippen LogP contribution is -2.45. The fraction of sp³-hybridized carbons (Fsp3) is 0.222. The van der Waals surface area contributed by atoms with Gasteiger partial charge in [0.15, 0.2) is 0 Å². The van der Waals surface area contributed by atoms with Crippen LogP contribution in [0.2, 0.25) is 5.02 Å². The van der Waals surface area contributed by atoms with Gasteiger partial charge in [-0.05, 0) is 43.2 Å². The molecule has 0 atom stereocenters. The lowest BCUT2D eigenvalue weighted by Gasteiger charge is -2.27. The number of hydrogen-bond donors (Lipinski definition) is 0. The predicted molar refractivity (Wildman–Crippen MR) is 135 cm³/mol. The van der Waals surface area contributed by atoms with E-state index in [2.05, 4.69) is 0 Å². The molecule has 0 unspecified atom stereocenters. The Balaban J connectivity index is 1.76. The molecule has 1 heterocycles. The van der Waals surface area contributed by atoms with Gasteiger partial charge in [0.2, 0.25) is 5.91 Å². The number of amides is 1. The van der Waals surface area contributed by atoms with Crippen LogP contribution in [0.25, 0.3) is 11.0 Å². The summed E-state index contributed by atoms with van der Waals surface area (Å²) in [5, 5.41) is 0.419. The lowest BCUT2D eigenvalue weighted by atomic mass is 10.2. The van der Waals surface area contributed by atoms with E-state index in [1.54, 1.807) is 23.1 Å². The standard InChI is InChI=1S/C27H26ClN3O3/c1-19(2)29(16-20-9-5-3-6-10-20)25(32)18-31-24-15-22(28)13-14-23(24)30(26(33)27(31)34)17-21-11-7-4-8-12-21/h3-15,19H,16-18H2,1-2H3. The molecule has 0 aliphatic rings. The summed E-state index contributed by atoms with van der Waals surface area (Å²) in [4.78, 5) is 41.4. The van der Waals surface area contributed by atoms with E-state index in [1.807, 2.05) is 74.5 Å². The fourth-order valence-corrected chi connectivity index (χ4v) is 4.20. The topological polar surface area (TPSA) is 64.3 Å². The maximum atomic E-state index is 13.4. The number of carbonyl (C=O) groups is 1. The normalized spacial score (nSPS) is 11.2. The summed E-state index contributed by atoms with van der Waals surface area (Å²) in [6.07, 6.45) is 0. The highest BCUT2D eigenvalue weighted by Gasteiger charge is 2.21.